The van der Waals surface area contributed by atoms with Crippen molar-refractivity contribution in [2.24, 2.45) is 0 Å². The van der Waals surface area contributed by atoms with Gasteiger partial charge in [0.25, 0.3) is 0 Å². The van der Waals surface area contributed by atoms with E-state index in [1.165, 1.54) is 0 Å². The van der Waals surface area contributed by atoms with Gasteiger partial charge in [-0.2, -0.15) is 0 Å². The minimum atomic E-state index is -0.102. The minimum Gasteiger partial charge on any atom is -0.308 e. The molecular weight excluding hydrogens is 324 g/mol. The molecule has 0 aliphatic rings. The van der Waals surface area contributed by atoms with E-state index in [-0.39, 0.29) is 5.91 Å². The highest BCUT2D eigenvalue weighted by atomic mass is 16.1. The predicted molar refractivity (Wildman–Crippen MR) is 102 cm³/mol. The van der Waals surface area contributed by atoms with E-state index < -0.39 is 0 Å². The molecule has 2 heterocycles. The quantitative estimate of drug-likeness (QED) is 0.612. The number of carbonyl (C=O) groups excluding carboxylic acids is 1. The van der Waals surface area contributed by atoms with Crippen LogP contribution in [0.2, 0.25) is 0 Å². The first-order valence-corrected chi connectivity index (χ1v) is 8.46. The van der Waals surface area contributed by atoms with Crippen LogP contribution in [0.5, 0.6) is 0 Å². The molecule has 4 rings (SSSR count). The van der Waals surface area contributed by atoms with E-state index in [1.54, 1.807) is 10.7 Å². The maximum absolute atomic E-state index is 12.5. The van der Waals surface area contributed by atoms with Gasteiger partial charge in [-0.15, -0.1) is 5.10 Å². The summed E-state index contributed by atoms with van der Waals surface area (Å²) in [7, 11) is 0. The van der Waals surface area contributed by atoms with Crippen molar-refractivity contribution in [1.29, 1.82) is 0 Å². The third-order valence-electron chi connectivity index (χ3n) is 4.24. The van der Waals surface area contributed by atoms with Gasteiger partial charge in [-0.05, 0) is 24.1 Å². The van der Waals surface area contributed by atoms with Gasteiger partial charge in [0.2, 0.25) is 5.91 Å². The number of rotatable bonds is 4. The van der Waals surface area contributed by atoms with Gasteiger partial charge in [0.1, 0.15) is 0 Å². The van der Waals surface area contributed by atoms with Crippen molar-refractivity contribution in [3.8, 4) is 11.1 Å². The molecule has 0 fully saturated rings. The molecule has 5 heteroatoms. The first kappa shape index (κ1) is 16.0. The second kappa shape index (κ2) is 6.80. The third-order valence-corrected chi connectivity index (χ3v) is 4.24. The molecule has 0 saturated carbocycles. The van der Waals surface area contributed by atoms with Crippen LogP contribution in [-0.2, 0) is 11.2 Å². The first-order chi connectivity index (χ1) is 12.7. The number of carbonyl (C=O) groups is 1. The fraction of sp³-hybridized carbons (Fsp3) is 0.0952. The summed E-state index contributed by atoms with van der Waals surface area (Å²) in [6.45, 7) is 1.96. The number of nitrogens with zero attached hydrogens (tertiary/aromatic N) is 3. The molecule has 0 atom stereocenters. The van der Waals surface area contributed by atoms with Crippen LogP contribution in [-0.4, -0.2) is 20.5 Å². The predicted octanol–water partition coefficient (Wildman–Crippen LogP) is 3.89. The number of fused-ring (bicyclic) bond motifs is 1. The van der Waals surface area contributed by atoms with E-state index in [0.717, 1.165) is 28.0 Å². The Kier molecular flexibility index (Phi) is 4.19. The average Bonchev–Trinajstić information content (AvgIpc) is 3.02. The van der Waals surface area contributed by atoms with Gasteiger partial charge in [0.05, 0.1) is 12.0 Å². The highest BCUT2D eigenvalue weighted by Crippen LogP contribution is 2.31. The fourth-order valence-corrected chi connectivity index (χ4v) is 2.98. The van der Waals surface area contributed by atoms with Crippen molar-refractivity contribution in [3.63, 3.8) is 0 Å². The van der Waals surface area contributed by atoms with Crippen molar-refractivity contribution < 1.29 is 4.79 Å². The molecule has 4 aromatic rings. The van der Waals surface area contributed by atoms with Crippen LogP contribution in [0.15, 0.2) is 72.9 Å². The minimum absolute atomic E-state index is 0.102. The normalized spacial score (nSPS) is 10.8. The zero-order chi connectivity index (χ0) is 17.9. The molecule has 0 aliphatic carbocycles. The molecule has 0 aliphatic heterocycles. The summed E-state index contributed by atoms with van der Waals surface area (Å²) in [5.74, 6) is 0.424. The average molecular weight is 342 g/mol. The number of anilines is 1. The summed E-state index contributed by atoms with van der Waals surface area (Å²) in [5.41, 5.74) is 4.44. The lowest BCUT2D eigenvalue weighted by Gasteiger charge is -2.05. The number of amides is 1. The number of benzene rings is 2. The molecule has 26 heavy (non-hydrogen) atoms. The largest absolute Gasteiger partial charge is 0.308 e. The molecule has 5 nitrogen and oxygen atoms in total. The van der Waals surface area contributed by atoms with Crippen molar-refractivity contribution >= 4 is 17.4 Å². The number of aryl methyl sites for hydroxylation is 1. The van der Waals surface area contributed by atoms with Crippen molar-refractivity contribution in [1.82, 2.24) is 14.6 Å². The van der Waals surface area contributed by atoms with Crippen LogP contribution in [0.4, 0.5) is 5.82 Å². The summed E-state index contributed by atoms with van der Waals surface area (Å²) >= 11 is 0. The summed E-state index contributed by atoms with van der Waals surface area (Å²) in [6.07, 6.45) is 2.06. The Bertz CT molecular complexity index is 1060. The molecule has 1 N–H and O–H groups in total. The Labute approximate surface area is 151 Å². The van der Waals surface area contributed by atoms with Crippen molar-refractivity contribution in [2.45, 2.75) is 13.3 Å². The van der Waals surface area contributed by atoms with E-state index in [4.69, 9.17) is 0 Å². The van der Waals surface area contributed by atoms with Crippen LogP contribution < -0.4 is 5.32 Å². The molecule has 2 aromatic heterocycles. The highest BCUT2D eigenvalue weighted by Gasteiger charge is 2.18. The van der Waals surface area contributed by atoms with Crippen LogP contribution in [0, 0.1) is 6.92 Å². The number of hydrogen-bond donors (Lipinski definition) is 1. The van der Waals surface area contributed by atoms with E-state index in [1.807, 2.05) is 73.7 Å². The number of hydrogen-bond acceptors (Lipinski definition) is 3. The molecule has 2 aromatic carbocycles. The molecule has 0 spiro atoms. The zero-order valence-corrected chi connectivity index (χ0v) is 14.4. The summed E-state index contributed by atoms with van der Waals surface area (Å²) in [5, 5.41) is 7.56. The lowest BCUT2D eigenvalue weighted by molar-refractivity contribution is -0.115. The molecule has 0 bridgehead atoms. The Morgan fingerprint density at radius 3 is 2.42 bits per heavy atom. The molecule has 128 valence electrons. The highest BCUT2D eigenvalue weighted by molar-refractivity contribution is 5.98. The standard InChI is InChI=1S/C21H18N4O/c1-15-12-13-22-21-19(17-10-6-3-7-11-17)20(24-25(15)21)23-18(26)14-16-8-4-2-5-9-16/h2-13H,14H2,1H3,(H,23,24,26). The second-order valence-corrected chi connectivity index (χ2v) is 6.12. The van der Waals surface area contributed by atoms with Crippen LogP contribution in [0.25, 0.3) is 16.8 Å². The smallest absolute Gasteiger partial charge is 0.230 e. The lowest BCUT2D eigenvalue weighted by Crippen LogP contribution is -2.15. The van der Waals surface area contributed by atoms with E-state index in [2.05, 4.69) is 15.4 Å². The van der Waals surface area contributed by atoms with Gasteiger partial charge >= 0.3 is 0 Å². The first-order valence-electron chi connectivity index (χ1n) is 8.46. The molecular formula is C21H18N4O. The van der Waals surface area contributed by atoms with Gasteiger partial charge in [0.15, 0.2) is 11.5 Å². The van der Waals surface area contributed by atoms with Crippen LogP contribution in [0.3, 0.4) is 0 Å². The molecule has 0 saturated heterocycles. The van der Waals surface area contributed by atoms with Crippen LogP contribution >= 0.6 is 0 Å². The second-order valence-electron chi connectivity index (χ2n) is 6.12. The van der Waals surface area contributed by atoms with E-state index in [0.29, 0.717) is 12.2 Å². The number of aromatic nitrogens is 3. The maximum atomic E-state index is 12.5. The van der Waals surface area contributed by atoms with Gasteiger partial charge in [-0.1, -0.05) is 60.7 Å². The molecule has 1 amide bonds. The Morgan fingerprint density at radius 1 is 1.00 bits per heavy atom. The number of nitrogens with one attached hydrogen (secondary N) is 1. The van der Waals surface area contributed by atoms with Gasteiger partial charge in [0, 0.05) is 11.9 Å². The monoisotopic (exact) mass is 342 g/mol. The zero-order valence-electron chi connectivity index (χ0n) is 14.4. The summed E-state index contributed by atoms with van der Waals surface area (Å²) in [4.78, 5) is 17.0. The van der Waals surface area contributed by atoms with Gasteiger partial charge in [-0.3, -0.25) is 4.79 Å². The Morgan fingerprint density at radius 2 is 1.69 bits per heavy atom. The van der Waals surface area contributed by atoms with Crippen molar-refractivity contribution in [2.75, 3.05) is 5.32 Å². The third kappa shape index (κ3) is 3.07. The lowest BCUT2D eigenvalue weighted by atomic mass is 10.1. The molecule has 0 radical (unpaired) electrons. The SMILES string of the molecule is Cc1ccnc2c(-c3ccccc3)c(NC(=O)Cc3ccccc3)nn12. The van der Waals surface area contributed by atoms with Gasteiger partial charge < -0.3 is 5.32 Å². The van der Waals surface area contributed by atoms with Gasteiger partial charge in [-0.25, -0.2) is 9.50 Å². The molecule has 0 unspecified atom stereocenters. The Hall–Kier alpha value is -3.47. The van der Waals surface area contributed by atoms with E-state index >= 15 is 0 Å². The maximum Gasteiger partial charge on any atom is 0.230 e. The van der Waals surface area contributed by atoms with E-state index in [9.17, 15) is 4.79 Å². The Balaban J connectivity index is 1.74. The van der Waals surface area contributed by atoms with Crippen molar-refractivity contribution in [3.05, 3.63) is 84.2 Å². The summed E-state index contributed by atoms with van der Waals surface area (Å²) in [6, 6.07) is 21.4. The topological polar surface area (TPSA) is 59.3 Å². The van der Waals surface area contributed by atoms with Crippen LogP contribution in [0.1, 0.15) is 11.3 Å². The fourth-order valence-electron chi connectivity index (χ4n) is 2.98. The summed E-state index contributed by atoms with van der Waals surface area (Å²) < 4.78 is 1.76.